The van der Waals surface area contributed by atoms with Crippen molar-refractivity contribution in [3.05, 3.63) is 65.4 Å². The number of benzene rings is 2. The minimum atomic E-state index is -0.459. The van der Waals surface area contributed by atoms with Crippen molar-refractivity contribution in [3.8, 4) is 22.8 Å². The molecule has 1 fully saturated rings. The third-order valence-electron chi connectivity index (χ3n) is 5.72. The summed E-state index contributed by atoms with van der Waals surface area (Å²) in [6, 6.07) is 10.7. The highest BCUT2D eigenvalue weighted by molar-refractivity contribution is 7.99. The number of methoxy groups -OCH3 is 2. The molecule has 1 aromatic heterocycles. The molecule has 1 unspecified atom stereocenters. The summed E-state index contributed by atoms with van der Waals surface area (Å²) in [6.45, 7) is 0.954. The zero-order valence-corrected chi connectivity index (χ0v) is 19.5. The minimum absolute atomic E-state index is 0.154. The van der Waals surface area contributed by atoms with Gasteiger partial charge in [-0.3, -0.25) is 9.48 Å². The third kappa shape index (κ3) is 4.83. The van der Waals surface area contributed by atoms with E-state index in [2.05, 4.69) is 5.10 Å². The zero-order valence-electron chi connectivity index (χ0n) is 18.7. The number of carbonyl (C=O) groups excluding carboxylic acids is 1. The zero-order chi connectivity index (χ0) is 23.5. The van der Waals surface area contributed by atoms with Crippen molar-refractivity contribution in [2.75, 3.05) is 33.1 Å². The van der Waals surface area contributed by atoms with Gasteiger partial charge >= 0.3 is 0 Å². The SMILES string of the molecule is COc1ccc(OC)c(-c2cc(C(=O)N3CCSC(c4cc(F)ccc4F)CC3)n(C)n2)c1. The number of thioether (sulfide) groups is 1. The fraction of sp³-hybridized carbons (Fsp3) is 0.333. The second-order valence-corrected chi connectivity index (χ2v) is 9.02. The summed E-state index contributed by atoms with van der Waals surface area (Å²) < 4.78 is 40.2. The van der Waals surface area contributed by atoms with E-state index in [9.17, 15) is 13.6 Å². The maximum absolute atomic E-state index is 14.2. The average molecular weight is 474 g/mol. The molecule has 6 nitrogen and oxygen atoms in total. The number of amides is 1. The van der Waals surface area contributed by atoms with Gasteiger partial charge in [-0.2, -0.15) is 16.9 Å². The monoisotopic (exact) mass is 473 g/mol. The first-order valence-electron chi connectivity index (χ1n) is 10.5. The van der Waals surface area contributed by atoms with Gasteiger partial charge in [-0.25, -0.2) is 8.78 Å². The van der Waals surface area contributed by atoms with Gasteiger partial charge in [0, 0.05) is 42.3 Å². The van der Waals surface area contributed by atoms with E-state index in [0.717, 1.165) is 17.7 Å². The van der Waals surface area contributed by atoms with Crippen molar-refractivity contribution in [1.82, 2.24) is 14.7 Å². The van der Waals surface area contributed by atoms with Crippen LogP contribution in [0, 0.1) is 11.6 Å². The van der Waals surface area contributed by atoms with Gasteiger partial charge < -0.3 is 14.4 Å². The summed E-state index contributed by atoms with van der Waals surface area (Å²) in [5.41, 5.74) is 2.11. The van der Waals surface area contributed by atoms with Crippen LogP contribution in [0.1, 0.15) is 27.7 Å². The number of aryl methyl sites for hydroxylation is 1. The Bertz CT molecular complexity index is 1170. The topological polar surface area (TPSA) is 56.6 Å². The largest absolute Gasteiger partial charge is 0.497 e. The molecule has 0 bridgehead atoms. The van der Waals surface area contributed by atoms with Crippen LogP contribution in [-0.4, -0.2) is 53.6 Å². The Morgan fingerprint density at radius 1 is 1.09 bits per heavy atom. The van der Waals surface area contributed by atoms with Crippen molar-refractivity contribution in [2.45, 2.75) is 11.7 Å². The molecule has 1 atom stereocenters. The number of halogens is 2. The maximum atomic E-state index is 14.2. The van der Waals surface area contributed by atoms with Crippen LogP contribution in [0.4, 0.5) is 8.78 Å². The first-order valence-corrected chi connectivity index (χ1v) is 11.6. The molecule has 1 saturated heterocycles. The number of ether oxygens (including phenoxy) is 2. The molecule has 174 valence electrons. The van der Waals surface area contributed by atoms with Crippen molar-refractivity contribution in [2.24, 2.45) is 7.05 Å². The Kier molecular flexibility index (Phi) is 6.88. The molecule has 1 aliphatic rings. The van der Waals surface area contributed by atoms with Gasteiger partial charge in [-0.1, -0.05) is 0 Å². The van der Waals surface area contributed by atoms with Gasteiger partial charge in [0.15, 0.2) is 0 Å². The van der Waals surface area contributed by atoms with E-state index >= 15 is 0 Å². The maximum Gasteiger partial charge on any atom is 0.272 e. The average Bonchev–Trinajstić information content (AvgIpc) is 3.04. The summed E-state index contributed by atoms with van der Waals surface area (Å²) in [6.07, 6.45) is 0.533. The molecule has 0 spiro atoms. The van der Waals surface area contributed by atoms with E-state index in [0.29, 0.717) is 53.7 Å². The number of rotatable bonds is 5. The van der Waals surface area contributed by atoms with Crippen molar-refractivity contribution >= 4 is 17.7 Å². The Morgan fingerprint density at radius 2 is 1.91 bits per heavy atom. The van der Waals surface area contributed by atoms with E-state index in [1.165, 1.54) is 17.8 Å². The van der Waals surface area contributed by atoms with Crippen LogP contribution in [0.2, 0.25) is 0 Å². The van der Waals surface area contributed by atoms with Gasteiger partial charge in [0.25, 0.3) is 5.91 Å². The van der Waals surface area contributed by atoms with E-state index in [4.69, 9.17) is 9.47 Å². The predicted molar refractivity (Wildman–Crippen MR) is 124 cm³/mol. The predicted octanol–water partition coefficient (Wildman–Crippen LogP) is 4.70. The standard InChI is InChI=1S/C24H25F2N3O3S/c1-28-21(14-20(27-28)18-13-16(31-2)5-7-22(18)32-3)24(30)29-9-8-23(33-11-10-29)17-12-15(25)4-6-19(17)26/h4-7,12-14,23H,8-11H2,1-3H3. The number of aromatic nitrogens is 2. The molecule has 1 aliphatic heterocycles. The van der Waals surface area contributed by atoms with Crippen LogP contribution in [0.3, 0.4) is 0 Å². The van der Waals surface area contributed by atoms with E-state index < -0.39 is 11.6 Å². The van der Waals surface area contributed by atoms with E-state index in [1.54, 1.807) is 49.0 Å². The lowest BCUT2D eigenvalue weighted by molar-refractivity contribution is 0.0755. The normalized spacial score (nSPS) is 16.4. The second-order valence-electron chi connectivity index (χ2n) is 7.71. The highest BCUT2D eigenvalue weighted by Gasteiger charge is 2.27. The molecule has 0 aliphatic carbocycles. The van der Waals surface area contributed by atoms with Gasteiger partial charge in [0.1, 0.15) is 28.8 Å². The molecule has 0 radical (unpaired) electrons. The molecule has 2 heterocycles. The molecule has 4 rings (SSSR count). The Morgan fingerprint density at radius 3 is 2.67 bits per heavy atom. The van der Waals surface area contributed by atoms with Gasteiger partial charge in [0.2, 0.25) is 0 Å². The summed E-state index contributed by atoms with van der Waals surface area (Å²) in [4.78, 5) is 15.1. The molecule has 0 saturated carbocycles. The first kappa shape index (κ1) is 23.1. The highest BCUT2D eigenvalue weighted by atomic mass is 32.2. The van der Waals surface area contributed by atoms with Crippen LogP contribution < -0.4 is 9.47 Å². The second kappa shape index (κ2) is 9.82. The fourth-order valence-electron chi connectivity index (χ4n) is 3.96. The Balaban J connectivity index is 1.55. The molecule has 33 heavy (non-hydrogen) atoms. The summed E-state index contributed by atoms with van der Waals surface area (Å²) in [5, 5.41) is 4.32. The lowest BCUT2D eigenvalue weighted by Crippen LogP contribution is -2.34. The minimum Gasteiger partial charge on any atom is -0.497 e. The van der Waals surface area contributed by atoms with Crippen molar-refractivity contribution < 1.29 is 23.0 Å². The van der Waals surface area contributed by atoms with Gasteiger partial charge in [-0.15, -0.1) is 0 Å². The fourth-order valence-corrected chi connectivity index (χ4v) is 5.20. The van der Waals surface area contributed by atoms with E-state index in [-0.39, 0.29) is 11.2 Å². The Labute approximate surface area is 195 Å². The summed E-state index contributed by atoms with van der Waals surface area (Å²) in [5.74, 6) is 0.875. The van der Waals surface area contributed by atoms with Crippen LogP contribution >= 0.6 is 11.8 Å². The third-order valence-corrected chi connectivity index (χ3v) is 7.03. The highest BCUT2D eigenvalue weighted by Crippen LogP contribution is 2.37. The molecule has 1 amide bonds. The molecule has 2 aromatic carbocycles. The van der Waals surface area contributed by atoms with Crippen LogP contribution in [0.5, 0.6) is 11.5 Å². The van der Waals surface area contributed by atoms with Gasteiger partial charge in [-0.05, 0) is 48.9 Å². The lowest BCUT2D eigenvalue weighted by atomic mass is 10.1. The quantitative estimate of drug-likeness (QED) is 0.538. The first-order chi connectivity index (χ1) is 15.9. The number of hydrogen-bond donors (Lipinski definition) is 0. The molecule has 0 N–H and O–H groups in total. The van der Waals surface area contributed by atoms with Crippen LogP contribution in [0.25, 0.3) is 11.3 Å². The molecule has 9 heteroatoms. The molecule has 3 aromatic rings. The van der Waals surface area contributed by atoms with E-state index in [1.807, 2.05) is 6.07 Å². The Hall–Kier alpha value is -3.07. The number of hydrogen-bond acceptors (Lipinski definition) is 5. The molecular formula is C24H25F2N3O3S. The number of nitrogens with zero attached hydrogens (tertiary/aromatic N) is 3. The summed E-state index contributed by atoms with van der Waals surface area (Å²) in [7, 11) is 4.88. The summed E-state index contributed by atoms with van der Waals surface area (Å²) >= 11 is 1.54. The van der Waals surface area contributed by atoms with Crippen molar-refractivity contribution in [1.29, 1.82) is 0 Å². The van der Waals surface area contributed by atoms with Crippen molar-refractivity contribution in [3.63, 3.8) is 0 Å². The van der Waals surface area contributed by atoms with Gasteiger partial charge in [0.05, 0.1) is 19.9 Å². The van der Waals surface area contributed by atoms with Crippen LogP contribution in [0.15, 0.2) is 42.5 Å². The lowest BCUT2D eigenvalue weighted by Gasteiger charge is -2.20. The van der Waals surface area contributed by atoms with Crippen LogP contribution in [-0.2, 0) is 7.05 Å². The smallest absolute Gasteiger partial charge is 0.272 e. The molecular weight excluding hydrogens is 448 g/mol. The number of carbonyl (C=O) groups is 1.